The molecule has 30 heavy (non-hydrogen) atoms. The Labute approximate surface area is 177 Å². The summed E-state index contributed by atoms with van der Waals surface area (Å²) in [6.07, 6.45) is -0.773. The van der Waals surface area contributed by atoms with Crippen molar-refractivity contribution in [3.63, 3.8) is 0 Å². The number of benzene rings is 1. The molecular weight excluding hydrogens is 417 g/mol. The van der Waals surface area contributed by atoms with Crippen molar-refractivity contribution in [2.24, 2.45) is 11.8 Å². The Kier molecular flexibility index (Phi) is 5.43. The highest BCUT2D eigenvalue weighted by Crippen LogP contribution is 2.50. The summed E-state index contributed by atoms with van der Waals surface area (Å²) in [6, 6.07) is 8.12. The molecule has 1 spiro atoms. The summed E-state index contributed by atoms with van der Waals surface area (Å²) < 4.78 is 45.0. The van der Waals surface area contributed by atoms with Crippen LogP contribution in [0.3, 0.4) is 0 Å². The van der Waals surface area contributed by atoms with E-state index in [1.54, 1.807) is 24.3 Å². The number of alkyl halides is 3. The van der Waals surface area contributed by atoms with E-state index < -0.39 is 17.2 Å². The molecule has 1 aromatic heterocycles. The first-order chi connectivity index (χ1) is 14.2. The average Bonchev–Trinajstić information content (AvgIpc) is 3.07. The molecule has 1 saturated carbocycles. The number of hydrogen-bond donors (Lipinski definition) is 1. The first-order valence-corrected chi connectivity index (χ1v) is 10.3. The predicted molar refractivity (Wildman–Crippen MR) is 108 cm³/mol. The van der Waals surface area contributed by atoms with Crippen LogP contribution in [0.15, 0.2) is 36.5 Å². The molecule has 1 aliphatic carbocycles. The Hall–Kier alpha value is -2.28. The number of amides is 1. The van der Waals surface area contributed by atoms with Crippen LogP contribution in [-0.2, 0) is 16.4 Å². The Bertz CT molecular complexity index is 938. The van der Waals surface area contributed by atoms with Crippen molar-refractivity contribution < 1.29 is 22.7 Å². The molecule has 1 atom stereocenters. The van der Waals surface area contributed by atoms with Gasteiger partial charge in [-0.3, -0.25) is 4.79 Å². The normalized spacial score (nSPS) is 24.2. The van der Waals surface area contributed by atoms with Gasteiger partial charge in [0.2, 0.25) is 11.8 Å². The van der Waals surface area contributed by atoms with Gasteiger partial charge in [-0.05, 0) is 61.9 Å². The summed E-state index contributed by atoms with van der Waals surface area (Å²) in [5.41, 5.74) is 0.0392. The van der Waals surface area contributed by atoms with Crippen LogP contribution in [0.1, 0.15) is 43.7 Å². The zero-order valence-electron chi connectivity index (χ0n) is 16.4. The lowest BCUT2D eigenvalue weighted by Crippen LogP contribution is -2.37. The lowest BCUT2D eigenvalue weighted by Gasteiger charge is -2.38. The average molecular weight is 439 g/mol. The zero-order valence-corrected chi connectivity index (χ0v) is 17.2. The van der Waals surface area contributed by atoms with Crippen molar-refractivity contribution in [1.29, 1.82) is 0 Å². The monoisotopic (exact) mass is 438 g/mol. The number of carbonyl (C=O) groups excluding carboxylic acids is 1. The Morgan fingerprint density at radius 2 is 1.93 bits per heavy atom. The minimum atomic E-state index is -4.43. The highest BCUT2D eigenvalue weighted by molar-refractivity contribution is 6.30. The second-order valence-electron chi connectivity index (χ2n) is 8.27. The fraction of sp³-hybridized carbons (Fsp3) is 0.455. The lowest BCUT2D eigenvalue weighted by atomic mass is 9.65. The van der Waals surface area contributed by atoms with Crippen molar-refractivity contribution in [3.05, 3.63) is 52.7 Å². The number of fused-ring (bicyclic) bond motifs is 2. The van der Waals surface area contributed by atoms with Crippen molar-refractivity contribution in [2.75, 3.05) is 11.9 Å². The van der Waals surface area contributed by atoms with Crippen LogP contribution in [0.2, 0.25) is 5.02 Å². The third kappa shape index (κ3) is 4.00. The summed E-state index contributed by atoms with van der Waals surface area (Å²) in [4.78, 5) is 16.6. The van der Waals surface area contributed by atoms with Crippen molar-refractivity contribution in [1.82, 2.24) is 4.98 Å². The van der Waals surface area contributed by atoms with Gasteiger partial charge < -0.3 is 10.1 Å². The van der Waals surface area contributed by atoms with E-state index >= 15 is 0 Å². The predicted octanol–water partition coefficient (Wildman–Crippen LogP) is 5.85. The number of anilines is 1. The maximum atomic E-state index is 13.1. The van der Waals surface area contributed by atoms with E-state index in [9.17, 15) is 18.0 Å². The lowest BCUT2D eigenvalue weighted by molar-refractivity contribution is -0.138. The number of halogens is 4. The molecular formula is C22H22ClF3N2O2. The molecule has 1 aromatic carbocycles. The van der Waals surface area contributed by atoms with Crippen LogP contribution in [-0.4, -0.2) is 17.5 Å². The summed E-state index contributed by atoms with van der Waals surface area (Å²) in [5, 5.41) is 3.51. The van der Waals surface area contributed by atoms with Crippen molar-refractivity contribution in [3.8, 4) is 5.88 Å². The SMILES string of the molecule is C[C@@H](C(=O)Nc1ccc(Cl)cc1)C1CCC2(CC1)COc1ncc(C(F)(F)F)cc12. The Balaban J connectivity index is 1.43. The van der Waals surface area contributed by atoms with Crippen molar-refractivity contribution in [2.45, 2.75) is 44.2 Å². The number of pyridine rings is 1. The summed E-state index contributed by atoms with van der Waals surface area (Å²) in [5.74, 6) is 0.183. The summed E-state index contributed by atoms with van der Waals surface area (Å²) in [7, 11) is 0. The molecule has 1 fully saturated rings. The number of aromatic nitrogens is 1. The molecule has 1 aliphatic heterocycles. The van der Waals surface area contributed by atoms with Crippen LogP contribution >= 0.6 is 11.6 Å². The van der Waals surface area contributed by atoms with Gasteiger partial charge in [0.1, 0.15) is 0 Å². The van der Waals surface area contributed by atoms with Gasteiger partial charge in [-0.25, -0.2) is 4.98 Å². The first kappa shape index (κ1) is 21.0. The van der Waals surface area contributed by atoms with Gasteiger partial charge in [-0.15, -0.1) is 0 Å². The van der Waals surface area contributed by atoms with Crippen molar-refractivity contribution >= 4 is 23.2 Å². The first-order valence-electron chi connectivity index (χ1n) is 9.95. The van der Waals surface area contributed by atoms with Gasteiger partial charge in [0, 0.05) is 33.8 Å². The quantitative estimate of drug-likeness (QED) is 0.654. The molecule has 0 radical (unpaired) electrons. The molecule has 2 aliphatic rings. The molecule has 2 heterocycles. The summed E-state index contributed by atoms with van der Waals surface area (Å²) in [6.45, 7) is 2.24. The number of carbonyl (C=O) groups is 1. The minimum Gasteiger partial charge on any atom is -0.476 e. The van der Waals surface area contributed by atoms with E-state index in [2.05, 4.69) is 10.3 Å². The standard InChI is InChI=1S/C22H22ClF3N2O2/c1-13(19(29)28-17-4-2-16(23)3-5-17)14-6-8-21(9-7-14)12-30-20-18(21)10-15(11-27-20)22(24,25)26/h2-5,10-11,13-14H,6-9,12H2,1H3,(H,28,29)/t13-,14?,21?/m1/s1. The van der Waals surface area contributed by atoms with Crippen LogP contribution in [0.5, 0.6) is 5.88 Å². The zero-order chi connectivity index (χ0) is 21.5. The fourth-order valence-corrected chi connectivity index (χ4v) is 4.62. The minimum absolute atomic E-state index is 0.0673. The van der Waals surface area contributed by atoms with Crippen LogP contribution in [0.25, 0.3) is 0 Å². The largest absolute Gasteiger partial charge is 0.476 e. The molecule has 4 rings (SSSR count). The van der Waals surface area contributed by atoms with E-state index in [0.29, 0.717) is 41.6 Å². The van der Waals surface area contributed by atoms with Gasteiger partial charge in [-0.2, -0.15) is 13.2 Å². The second kappa shape index (κ2) is 7.76. The topological polar surface area (TPSA) is 51.2 Å². The van der Waals surface area contributed by atoms with Crippen LogP contribution < -0.4 is 10.1 Å². The molecule has 1 amide bonds. The van der Waals surface area contributed by atoms with Gasteiger partial charge >= 0.3 is 6.18 Å². The fourth-order valence-electron chi connectivity index (χ4n) is 4.50. The highest BCUT2D eigenvalue weighted by Gasteiger charge is 2.46. The smallest absolute Gasteiger partial charge is 0.417 e. The third-order valence-corrected chi connectivity index (χ3v) is 6.71. The molecule has 2 aromatic rings. The second-order valence-corrected chi connectivity index (χ2v) is 8.70. The maximum Gasteiger partial charge on any atom is 0.417 e. The molecule has 0 bridgehead atoms. The maximum absolute atomic E-state index is 13.1. The molecule has 0 unspecified atom stereocenters. The number of nitrogens with zero attached hydrogens (tertiary/aromatic N) is 1. The van der Waals surface area contributed by atoms with E-state index in [1.807, 2.05) is 6.92 Å². The van der Waals surface area contributed by atoms with E-state index in [-0.39, 0.29) is 17.7 Å². The molecule has 4 nitrogen and oxygen atoms in total. The van der Waals surface area contributed by atoms with Crippen LogP contribution in [0.4, 0.5) is 18.9 Å². The summed E-state index contributed by atoms with van der Waals surface area (Å²) >= 11 is 5.87. The number of ether oxygens (including phenoxy) is 1. The van der Waals surface area contributed by atoms with Gasteiger partial charge in [0.15, 0.2) is 0 Å². The van der Waals surface area contributed by atoms with Gasteiger partial charge in [-0.1, -0.05) is 18.5 Å². The van der Waals surface area contributed by atoms with Gasteiger partial charge in [0.05, 0.1) is 12.2 Å². The molecule has 0 saturated heterocycles. The molecule has 1 N–H and O–H groups in total. The number of rotatable bonds is 3. The van der Waals surface area contributed by atoms with Gasteiger partial charge in [0.25, 0.3) is 0 Å². The number of nitrogens with one attached hydrogen (secondary N) is 1. The Morgan fingerprint density at radius 3 is 2.57 bits per heavy atom. The van der Waals surface area contributed by atoms with Crippen LogP contribution in [0, 0.1) is 11.8 Å². The molecule has 8 heteroatoms. The third-order valence-electron chi connectivity index (χ3n) is 6.45. The van der Waals surface area contributed by atoms with E-state index in [1.165, 1.54) is 6.07 Å². The highest BCUT2D eigenvalue weighted by atomic mass is 35.5. The molecule has 160 valence electrons. The van der Waals surface area contributed by atoms with E-state index in [0.717, 1.165) is 19.0 Å². The Morgan fingerprint density at radius 1 is 1.27 bits per heavy atom. The van der Waals surface area contributed by atoms with E-state index in [4.69, 9.17) is 16.3 Å². The number of hydrogen-bond acceptors (Lipinski definition) is 3.